The maximum Gasteiger partial charge on any atom is 0.114 e. The van der Waals surface area contributed by atoms with Gasteiger partial charge in [-0.1, -0.05) is 43.7 Å². The molecule has 19 heavy (non-hydrogen) atoms. The van der Waals surface area contributed by atoms with Gasteiger partial charge in [0.05, 0.1) is 11.0 Å². The molecule has 0 radical (unpaired) electrons. The van der Waals surface area contributed by atoms with Crippen LogP contribution < -0.4 is 0 Å². The van der Waals surface area contributed by atoms with Crippen molar-refractivity contribution in [1.82, 2.24) is 9.55 Å². The summed E-state index contributed by atoms with van der Waals surface area (Å²) in [5.41, 5.74) is 3.47. The zero-order valence-electron chi connectivity index (χ0n) is 11.2. The molecule has 0 saturated carbocycles. The van der Waals surface area contributed by atoms with E-state index in [4.69, 9.17) is 4.98 Å². The summed E-state index contributed by atoms with van der Waals surface area (Å²) < 4.78 is 2.28. The van der Waals surface area contributed by atoms with Gasteiger partial charge in [-0.2, -0.15) is 0 Å². The Bertz CT molecular complexity index is 668. The van der Waals surface area contributed by atoms with Gasteiger partial charge < -0.3 is 0 Å². The zero-order valence-corrected chi connectivity index (χ0v) is 11.2. The lowest BCUT2D eigenvalue weighted by molar-refractivity contribution is 0.744. The minimum Gasteiger partial charge on any atom is -0.296 e. The fraction of sp³-hybridized carbons (Fsp3) is 0.235. The quantitative estimate of drug-likeness (QED) is 0.672. The first-order valence-electron chi connectivity index (χ1n) is 6.92. The van der Waals surface area contributed by atoms with Crippen molar-refractivity contribution in [2.45, 2.75) is 26.2 Å². The summed E-state index contributed by atoms with van der Waals surface area (Å²) in [6.07, 6.45) is 3.40. The molecule has 0 spiro atoms. The first-order chi connectivity index (χ1) is 9.40. The van der Waals surface area contributed by atoms with Crippen LogP contribution >= 0.6 is 0 Å². The number of unbranched alkanes of at least 4 members (excludes halogenated alkanes) is 1. The largest absolute Gasteiger partial charge is 0.296 e. The van der Waals surface area contributed by atoms with Crippen molar-refractivity contribution in [3.05, 3.63) is 60.4 Å². The fourth-order valence-corrected chi connectivity index (χ4v) is 2.44. The lowest BCUT2D eigenvalue weighted by atomic mass is 10.2. The highest BCUT2D eigenvalue weighted by Gasteiger charge is 2.10. The summed E-state index contributed by atoms with van der Waals surface area (Å²) in [5, 5.41) is 0. The van der Waals surface area contributed by atoms with E-state index in [1.807, 2.05) is 12.1 Å². The van der Waals surface area contributed by atoms with E-state index in [2.05, 4.69) is 54.0 Å². The molecule has 0 aliphatic heterocycles. The SMILES string of the molecule is CCCCc1nc2ccccc2n1-c1ccccc1. The minimum absolute atomic E-state index is 1.03. The van der Waals surface area contributed by atoms with Crippen LogP contribution in [-0.4, -0.2) is 9.55 Å². The molecule has 1 heterocycles. The third kappa shape index (κ3) is 2.26. The van der Waals surface area contributed by atoms with Crippen LogP contribution in [0.15, 0.2) is 54.6 Å². The van der Waals surface area contributed by atoms with Crippen LogP contribution in [-0.2, 0) is 6.42 Å². The average molecular weight is 250 g/mol. The van der Waals surface area contributed by atoms with Gasteiger partial charge in [0.1, 0.15) is 5.82 Å². The maximum absolute atomic E-state index is 4.79. The normalized spacial score (nSPS) is 11.0. The number of imidazole rings is 1. The molecule has 0 unspecified atom stereocenters. The van der Waals surface area contributed by atoms with E-state index in [9.17, 15) is 0 Å². The van der Waals surface area contributed by atoms with E-state index in [1.54, 1.807) is 0 Å². The fourth-order valence-electron chi connectivity index (χ4n) is 2.44. The molecule has 0 bridgehead atoms. The number of hydrogen-bond acceptors (Lipinski definition) is 1. The molecule has 2 nitrogen and oxygen atoms in total. The summed E-state index contributed by atoms with van der Waals surface area (Å²) in [6.45, 7) is 2.22. The Kier molecular flexibility index (Phi) is 3.32. The second-order valence-electron chi connectivity index (χ2n) is 4.79. The number of rotatable bonds is 4. The molecular formula is C17H18N2. The van der Waals surface area contributed by atoms with Crippen molar-refractivity contribution in [1.29, 1.82) is 0 Å². The van der Waals surface area contributed by atoms with Crippen molar-refractivity contribution >= 4 is 11.0 Å². The summed E-state index contributed by atoms with van der Waals surface area (Å²) in [6, 6.07) is 18.8. The van der Waals surface area contributed by atoms with Gasteiger partial charge in [-0.15, -0.1) is 0 Å². The second-order valence-corrected chi connectivity index (χ2v) is 4.79. The van der Waals surface area contributed by atoms with Crippen LogP contribution in [0.4, 0.5) is 0 Å². The van der Waals surface area contributed by atoms with Crippen LogP contribution in [0.1, 0.15) is 25.6 Å². The number of aryl methyl sites for hydroxylation is 1. The molecule has 0 saturated heterocycles. The Labute approximate surface area is 113 Å². The maximum atomic E-state index is 4.79. The Hall–Kier alpha value is -2.09. The molecule has 0 aliphatic rings. The topological polar surface area (TPSA) is 17.8 Å². The molecule has 3 aromatic rings. The van der Waals surface area contributed by atoms with Gasteiger partial charge in [-0.3, -0.25) is 4.57 Å². The monoisotopic (exact) mass is 250 g/mol. The molecule has 96 valence electrons. The van der Waals surface area contributed by atoms with Crippen molar-refractivity contribution in [3.63, 3.8) is 0 Å². The number of benzene rings is 2. The van der Waals surface area contributed by atoms with Crippen molar-refractivity contribution in [2.24, 2.45) is 0 Å². The zero-order chi connectivity index (χ0) is 13.1. The average Bonchev–Trinajstić information content (AvgIpc) is 2.84. The van der Waals surface area contributed by atoms with Gasteiger partial charge in [0.25, 0.3) is 0 Å². The molecule has 0 amide bonds. The molecular weight excluding hydrogens is 232 g/mol. The lowest BCUT2D eigenvalue weighted by Gasteiger charge is -2.08. The van der Waals surface area contributed by atoms with E-state index >= 15 is 0 Å². The highest BCUT2D eigenvalue weighted by atomic mass is 15.1. The molecule has 3 rings (SSSR count). The number of para-hydroxylation sites is 3. The molecule has 2 heteroatoms. The lowest BCUT2D eigenvalue weighted by Crippen LogP contribution is -2.01. The Morgan fingerprint density at radius 2 is 1.68 bits per heavy atom. The predicted octanol–water partition coefficient (Wildman–Crippen LogP) is 4.37. The molecule has 0 aliphatic carbocycles. The van der Waals surface area contributed by atoms with Crippen LogP contribution in [0.5, 0.6) is 0 Å². The minimum atomic E-state index is 1.03. The van der Waals surface area contributed by atoms with E-state index < -0.39 is 0 Å². The smallest absolute Gasteiger partial charge is 0.114 e. The molecule has 1 aromatic heterocycles. The van der Waals surface area contributed by atoms with Gasteiger partial charge in [-0.25, -0.2) is 4.98 Å². The van der Waals surface area contributed by atoms with Crippen molar-refractivity contribution in [2.75, 3.05) is 0 Å². The summed E-state index contributed by atoms with van der Waals surface area (Å²) in [7, 11) is 0. The molecule has 2 aromatic carbocycles. The highest BCUT2D eigenvalue weighted by molar-refractivity contribution is 5.78. The van der Waals surface area contributed by atoms with Crippen molar-refractivity contribution in [3.8, 4) is 5.69 Å². The van der Waals surface area contributed by atoms with Crippen LogP contribution in [0.2, 0.25) is 0 Å². The van der Waals surface area contributed by atoms with Crippen LogP contribution in [0.25, 0.3) is 16.7 Å². The van der Waals surface area contributed by atoms with Gasteiger partial charge in [-0.05, 0) is 30.7 Å². The standard InChI is InChI=1S/C17H18N2/c1-2-3-13-17-18-15-11-7-8-12-16(15)19(17)14-9-5-4-6-10-14/h4-12H,2-3,13H2,1H3. The molecule has 0 N–H and O–H groups in total. The number of hydrogen-bond donors (Lipinski definition) is 0. The van der Waals surface area contributed by atoms with Gasteiger partial charge in [0.2, 0.25) is 0 Å². The van der Waals surface area contributed by atoms with Gasteiger partial charge in [0, 0.05) is 12.1 Å². The summed E-state index contributed by atoms with van der Waals surface area (Å²) in [4.78, 5) is 4.79. The van der Waals surface area contributed by atoms with E-state index in [-0.39, 0.29) is 0 Å². The van der Waals surface area contributed by atoms with Gasteiger partial charge >= 0.3 is 0 Å². The third-order valence-corrected chi connectivity index (χ3v) is 3.40. The van der Waals surface area contributed by atoms with Crippen molar-refractivity contribution < 1.29 is 0 Å². The summed E-state index contributed by atoms with van der Waals surface area (Å²) in [5.74, 6) is 1.16. The number of aromatic nitrogens is 2. The Morgan fingerprint density at radius 1 is 0.947 bits per heavy atom. The number of fused-ring (bicyclic) bond motifs is 1. The Morgan fingerprint density at radius 3 is 2.47 bits per heavy atom. The molecule has 0 atom stereocenters. The molecule has 0 fully saturated rings. The second kappa shape index (κ2) is 5.27. The van der Waals surface area contributed by atoms with Gasteiger partial charge in [0.15, 0.2) is 0 Å². The summed E-state index contributed by atoms with van der Waals surface area (Å²) >= 11 is 0. The number of nitrogens with zero attached hydrogens (tertiary/aromatic N) is 2. The van der Waals surface area contributed by atoms with E-state index in [1.165, 1.54) is 24.0 Å². The van der Waals surface area contributed by atoms with Crippen LogP contribution in [0, 0.1) is 0 Å². The van der Waals surface area contributed by atoms with E-state index in [0.717, 1.165) is 17.8 Å². The Balaban J connectivity index is 2.19. The van der Waals surface area contributed by atoms with Crippen LogP contribution in [0.3, 0.4) is 0 Å². The predicted molar refractivity (Wildman–Crippen MR) is 79.7 cm³/mol. The highest BCUT2D eigenvalue weighted by Crippen LogP contribution is 2.22. The first-order valence-corrected chi connectivity index (χ1v) is 6.92. The first kappa shape index (κ1) is 12.0. The third-order valence-electron chi connectivity index (χ3n) is 3.40. The van der Waals surface area contributed by atoms with E-state index in [0.29, 0.717) is 0 Å².